The zero-order valence-corrected chi connectivity index (χ0v) is 16.4. The quantitative estimate of drug-likeness (QED) is 0.640. The van der Waals surface area contributed by atoms with Crippen molar-refractivity contribution < 1.29 is 18.3 Å². The lowest BCUT2D eigenvalue weighted by Gasteiger charge is -2.12. The zero-order valence-electron chi connectivity index (χ0n) is 16.4. The molecule has 156 valence electrons. The molecular formula is C20H20F2N6O2. The Morgan fingerprint density at radius 3 is 2.90 bits per heavy atom. The van der Waals surface area contributed by atoms with Gasteiger partial charge in [-0.25, -0.2) is 14.8 Å². The van der Waals surface area contributed by atoms with E-state index in [0.29, 0.717) is 18.8 Å². The standard InChI is InChI=1S/C20H20F2N6O2/c1-12-5-13(14-8-25-28(10-14)11-16-9-24-19(29)30-16)7-15(6-12)26-18-23-4-3-17(27-18)20(2,21)22/h3-8,10,16H,9,11H2,1-2H3,(H,24,29)(H,23,26,27)/t16-/m0/s1. The molecule has 1 atom stereocenters. The molecule has 2 aromatic heterocycles. The summed E-state index contributed by atoms with van der Waals surface area (Å²) in [6, 6.07) is 6.92. The molecule has 0 spiro atoms. The van der Waals surface area contributed by atoms with Gasteiger partial charge in [0.1, 0.15) is 11.8 Å². The minimum absolute atomic E-state index is 0.0943. The summed E-state index contributed by atoms with van der Waals surface area (Å²) in [6.45, 7) is 3.62. The fraction of sp³-hybridized carbons (Fsp3) is 0.300. The highest BCUT2D eigenvalue weighted by atomic mass is 19.3. The Morgan fingerprint density at radius 2 is 2.17 bits per heavy atom. The van der Waals surface area contributed by atoms with E-state index in [1.54, 1.807) is 10.9 Å². The van der Waals surface area contributed by atoms with Crippen molar-refractivity contribution in [1.82, 2.24) is 25.1 Å². The Labute approximate surface area is 171 Å². The molecule has 3 heterocycles. The molecule has 30 heavy (non-hydrogen) atoms. The van der Waals surface area contributed by atoms with Gasteiger partial charge in [-0.15, -0.1) is 0 Å². The third-order valence-electron chi connectivity index (χ3n) is 4.54. The second-order valence-corrected chi connectivity index (χ2v) is 7.23. The van der Waals surface area contributed by atoms with E-state index in [-0.39, 0.29) is 17.7 Å². The number of hydrogen-bond acceptors (Lipinski definition) is 6. The Kier molecular flexibility index (Phi) is 5.06. The normalized spacial score (nSPS) is 16.3. The molecule has 0 unspecified atom stereocenters. The first-order chi connectivity index (χ1) is 14.3. The number of carbonyl (C=O) groups excluding carboxylic acids is 1. The van der Waals surface area contributed by atoms with Crippen LogP contribution in [0.25, 0.3) is 11.1 Å². The summed E-state index contributed by atoms with van der Waals surface area (Å²) in [6.07, 6.45) is 4.19. The summed E-state index contributed by atoms with van der Waals surface area (Å²) < 4.78 is 33.9. The van der Waals surface area contributed by atoms with Gasteiger partial charge in [-0.1, -0.05) is 6.07 Å². The summed E-state index contributed by atoms with van der Waals surface area (Å²) in [7, 11) is 0. The number of rotatable bonds is 6. The number of nitrogens with zero attached hydrogens (tertiary/aromatic N) is 4. The van der Waals surface area contributed by atoms with Gasteiger partial charge in [-0.2, -0.15) is 13.9 Å². The highest BCUT2D eigenvalue weighted by Crippen LogP contribution is 2.28. The van der Waals surface area contributed by atoms with Gasteiger partial charge in [-0.05, 0) is 36.2 Å². The van der Waals surface area contributed by atoms with Crippen molar-refractivity contribution in [3.8, 4) is 11.1 Å². The first-order valence-corrected chi connectivity index (χ1v) is 9.34. The lowest BCUT2D eigenvalue weighted by atomic mass is 10.1. The fourth-order valence-electron chi connectivity index (χ4n) is 3.17. The number of hydrogen-bond donors (Lipinski definition) is 2. The molecule has 1 aliphatic rings. The second kappa shape index (κ2) is 7.69. The third kappa shape index (κ3) is 4.53. The Morgan fingerprint density at radius 1 is 1.33 bits per heavy atom. The van der Waals surface area contributed by atoms with E-state index >= 15 is 0 Å². The van der Waals surface area contributed by atoms with Crippen LogP contribution in [0.15, 0.2) is 42.9 Å². The fourth-order valence-corrected chi connectivity index (χ4v) is 3.17. The number of halogens is 2. The van der Waals surface area contributed by atoms with Crippen LogP contribution >= 0.6 is 0 Å². The molecule has 1 fully saturated rings. The predicted octanol–water partition coefficient (Wildman–Crippen LogP) is 3.61. The lowest BCUT2D eigenvalue weighted by Crippen LogP contribution is -2.20. The molecule has 4 rings (SSSR count). The maximum atomic E-state index is 13.5. The van der Waals surface area contributed by atoms with Crippen molar-refractivity contribution in [2.24, 2.45) is 0 Å². The smallest absolute Gasteiger partial charge is 0.407 e. The predicted molar refractivity (Wildman–Crippen MR) is 106 cm³/mol. The van der Waals surface area contributed by atoms with Crippen LogP contribution in [0.1, 0.15) is 18.2 Å². The average Bonchev–Trinajstić information content (AvgIpc) is 3.30. The molecule has 8 nitrogen and oxygen atoms in total. The largest absolute Gasteiger partial charge is 0.442 e. The number of carbonyl (C=O) groups is 1. The molecule has 0 radical (unpaired) electrons. The molecule has 1 saturated heterocycles. The minimum atomic E-state index is -3.05. The van der Waals surface area contributed by atoms with Gasteiger partial charge in [0.25, 0.3) is 5.92 Å². The van der Waals surface area contributed by atoms with E-state index in [2.05, 4.69) is 25.7 Å². The van der Waals surface area contributed by atoms with Crippen molar-refractivity contribution in [3.05, 3.63) is 54.1 Å². The molecule has 0 saturated carbocycles. The number of cyclic esters (lactones) is 1. The summed E-state index contributed by atoms with van der Waals surface area (Å²) in [5.41, 5.74) is 3.05. The zero-order chi connectivity index (χ0) is 21.3. The van der Waals surface area contributed by atoms with E-state index in [4.69, 9.17) is 4.74 Å². The molecule has 10 heteroatoms. The van der Waals surface area contributed by atoms with Gasteiger partial charge in [-0.3, -0.25) is 4.68 Å². The van der Waals surface area contributed by atoms with Crippen molar-refractivity contribution >= 4 is 17.7 Å². The van der Waals surface area contributed by atoms with Crippen LogP contribution in [0, 0.1) is 6.92 Å². The first kappa shape index (κ1) is 19.7. The number of alkyl halides is 2. The average molecular weight is 414 g/mol. The van der Waals surface area contributed by atoms with E-state index in [0.717, 1.165) is 23.6 Å². The minimum Gasteiger partial charge on any atom is -0.442 e. The molecule has 0 bridgehead atoms. The van der Waals surface area contributed by atoms with Crippen LogP contribution < -0.4 is 10.6 Å². The molecule has 1 aliphatic heterocycles. The van der Waals surface area contributed by atoms with Gasteiger partial charge in [0.15, 0.2) is 0 Å². The van der Waals surface area contributed by atoms with Gasteiger partial charge >= 0.3 is 6.09 Å². The Hall–Kier alpha value is -3.56. The number of nitrogens with one attached hydrogen (secondary N) is 2. The molecular weight excluding hydrogens is 394 g/mol. The monoisotopic (exact) mass is 414 g/mol. The Balaban J connectivity index is 1.53. The summed E-state index contributed by atoms with van der Waals surface area (Å²) in [4.78, 5) is 19.1. The molecule has 1 aromatic carbocycles. The van der Waals surface area contributed by atoms with E-state index < -0.39 is 12.0 Å². The maximum Gasteiger partial charge on any atom is 0.407 e. The first-order valence-electron chi connectivity index (χ1n) is 9.34. The van der Waals surface area contributed by atoms with Crippen molar-refractivity contribution in [2.45, 2.75) is 32.4 Å². The number of aromatic nitrogens is 4. The third-order valence-corrected chi connectivity index (χ3v) is 4.54. The SMILES string of the molecule is Cc1cc(Nc2nccc(C(C)(F)F)n2)cc(-c2cnn(C[C@@H]3CNC(=O)O3)c2)c1. The number of alkyl carbamates (subject to hydrolysis) is 1. The summed E-state index contributed by atoms with van der Waals surface area (Å²) in [5, 5.41) is 9.93. The van der Waals surface area contributed by atoms with Crippen LogP contribution in [0.3, 0.4) is 0 Å². The molecule has 2 N–H and O–H groups in total. The number of benzene rings is 1. The van der Waals surface area contributed by atoms with E-state index in [9.17, 15) is 13.6 Å². The number of aryl methyl sites for hydroxylation is 1. The molecule has 1 amide bonds. The van der Waals surface area contributed by atoms with Crippen molar-refractivity contribution in [2.75, 3.05) is 11.9 Å². The summed E-state index contributed by atoms with van der Waals surface area (Å²) in [5.74, 6) is -2.95. The highest BCUT2D eigenvalue weighted by Gasteiger charge is 2.26. The summed E-state index contributed by atoms with van der Waals surface area (Å²) >= 11 is 0. The van der Waals surface area contributed by atoms with Gasteiger partial charge in [0.2, 0.25) is 5.95 Å². The Bertz CT molecular complexity index is 1080. The van der Waals surface area contributed by atoms with Crippen LogP contribution in [0.4, 0.5) is 25.2 Å². The lowest BCUT2D eigenvalue weighted by molar-refractivity contribution is 0.0127. The van der Waals surface area contributed by atoms with Gasteiger partial charge < -0.3 is 15.4 Å². The van der Waals surface area contributed by atoms with Crippen molar-refractivity contribution in [1.29, 1.82) is 0 Å². The number of amides is 1. The van der Waals surface area contributed by atoms with Crippen LogP contribution in [0.2, 0.25) is 0 Å². The van der Waals surface area contributed by atoms with Gasteiger partial charge in [0, 0.05) is 30.6 Å². The molecule has 0 aliphatic carbocycles. The van der Waals surface area contributed by atoms with Gasteiger partial charge in [0.05, 0.1) is 19.3 Å². The second-order valence-electron chi connectivity index (χ2n) is 7.23. The number of anilines is 2. The van der Waals surface area contributed by atoms with E-state index in [1.165, 1.54) is 12.3 Å². The van der Waals surface area contributed by atoms with Crippen LogP contribution in [-0.4, -0.2) is 38.5 Å². The van der Waals surface area contributed by atoms with E-state index in [1.807, 2.05) is 31.3 Å². The molecule has 3 aromatic rings. The van der Waals surface area contributed by atoms with Crippen molar-refractivity contribution in [3.63, 3.8) is 0 Å². The number of ether oxygens (including phenoxy) is 1. The van der Waals surface area contributed by atoms with Crippen LogP contribution in [-0.2, 0) is 17.2 Å². The van der Waals surface area contributed by atoms with Crippen LogP contribution in [0.5, 0.6) is 0 Å². The highest BCUT2D eigenvalue weighted by molar-refractivity contribution is 5.70. The topological polar surface area (TPSA) is 94.0 Å². The maximum absolute atomic E-state index is 13.5.